The summed E-state index contributed by atoms with van der Waals surface area (Å²) in [6.45, 7) is -1.47. The number of halogens is 5. The molecule has 13 heteroatoms. The van der Waals surface area contributed by atoms with E-state index in [0.29, 0.717) is 43.3 Å². The van der Waals surface area contributed by atoms with E-state index in [1.165, 1.54) is 17.2 Å². The van der Waals surface area contributed by atoms with Gasteiger partial charge in [0.25, 0.3) is 5.92 Å². The van der Waals surface area contributed by atoms with Crippen LogP contribution in [0.4, 0.5) is 39.5 Å². The molecule has 3 aliphatic heterocycles. The molecule has 0 aliphatic carbocycles. The molecular weight excluding hydrogens is 449 g/mol. The van der Waals surface area contributed by atoms with E-state index in [1.54, 1.807) is 6.07 Å². The SMILES string of the molecule is Nc1ncc(-c2cc(N3CC(N4CC(F)C4)C3)nc(N3CCC(F)(F)C3)n2)cc1OC(F)F. The third-order valence-electron chi connectivity index (χ3n) is 6.11. The van der Waals surface area contributed by atoms with Crippen molar-refractivity contribution in [1.82, 2.24) is 19.9 Å². The lowest BCUT2D eigenvalue weighted by molar-refractivity contribution is -0.0494. The Hall–Kier alpha value is -2.96. The molecule has 0 radical (unpaired) electrons. The predicted molar refractivity (Wildman–Crippen MR) is 111 cm³/mol. The van der Waals surface area contributed by atoms with E-state index in [4.69, 9.17) is 5.73 Å². The summed E-state index contributed by atoms with van der Waals surface area (Å²) < 4.78 is 70.7. The second-order valence-electron chi connectivity index (χ2n) is 8.53. The van der Waals surface area contributed by atoms with Crippen LogP contribution in [-0.2, 0) is 0 Å². The van der Waals surface area contributed by atoms with Gasteiger partial charge in [-0.05, 0) is 6.07 Å². The third kappa shape index (κ3) is 4.45. The highest BCUT2D eigenvalue weighted by Crippen LogP contribution is 2.35. The topological polar surface area (TPSA) is 83.6 Å². The summed E-state index contributed by atoms with van der Waals surface area (Å²) in [6, 6.07) is 3.12. The van der Waals surface area contributed by atoms with Gasteiger partial charge in [0.1, 0.15) is 12.0 Å². The Balaban J connectivity index is 1.45. The van der Waals surface area contributed by atoms with E-state index in [1.807, 2.05) is 9.80 Å². The summed E-state index contributed by atoms with van der Waals surface area (Å²) >= 11 is 0. The van der Waals surface area contributed by atoms with E-state index >= 15 is 0 Å². The second kappa shape index (κ2) is 8.12. The lowest BCUT2D eigenvalue weighted by Crippen LogP contribution is -2.66. The summed E-state index contributed by atoms with van der Waals surface area (Å²) in [5.74, 6) is -2.74. The molecule has 0 spiro atoms. The molecule has 2 aromatic heterocycles. The number of pyridine rings is 1. The van der Waals surface area contributed by atoms with Gasteiger partial charge in [-0.2, -0.15) is 13.8 Å². The minimum absolute atomic E-state index is 0.0872. The van der Waals surface area contributed by atoms with Gasteiger partial charge in [-0.1, -0.05) is 0 Å². The van der Waals surface area contributed by atoms with Gasteiger partial charge in [0.15, 0.2) is 11.6 Å². The van der Waals surface area contributed by atoms with Gasteiger partial charge < -0.3 is 20.3 Å². The first kappa shape index (κ1) is 21.9. The Morgan fingerprint density at radius 3 is 2.48 bits per heavy atom. The number of nitrogens with zero attached hydrogens (tertiary/aromatic N) is 6. The molecule has 33 heavy (non-hydrogen) atoms. The number of nitrogens with two attached hydrogens (primary N) is 1. The van der Waals surface area contributed by atoms with Crippen molar-refractivity contribution in [3.05, 3.63) is 18.3 Å². The van der Waals surface area contributed by atoms with Crippen LogP contribution in [0.25, 0.3) is 11.3 Å². The summed E-state index contributed by atoms with van der Waals surface area (Å²) in [4.78, 5) is 18.2. The van der Waals surface area contributed by atoms with Gasteiger partial charge in [0.2, 0.25) is 5.95 Å². The summed E-state index contributed by atoms with van der Waals surface area (Å²) in [7, 11) is 0. The van der Waals surface area contributed by atoms with Gasteiger partial charge >= 0.3 is 6.61 Å². The first-order valence-electron chi connectivity index (χ1n) is 10.5. The maximum absolute atomic E-state index is 13.8. The molecule has 2 N–H and O–H groups in total. The number of hydrogen-bond acceptors (Lipinski definition) is 8. The smallest absolute Gasteiger partial charge is 0.387 e. The minimum Gasteiger partial charge on any atom is -0.431 e. The Morgan fingerprint density at radius 2 is 1.85 bits per heavy atom. The number of ether oxygens (including phenoxy) is 1. The molecule has 178 valence electrons. The highest BCUT2D eigenvalue weighted by Gasteiger charge is 2.41. The predicted octanol–water partition coefficient (Wildman–Crippen LogP) is 2.41. The zero-order valence-corrected chi connectivity index (χ0v) is 17.5. The fraction of sp³-hybridized carbons (Fsp3) is 0.550. The van der Waals surface area contributed by atoms with E-state index < -0.39 is 25.3 Å². The first-order valence-corrected chi connectivity index (χ1v) is 10.5. The van der Waals surface area contributed by atoms with E-state index in [0.717, 1.165) is 0 Å². The molecule has 8 nitrogen and oxygen atoms in total. The quantitative estimate of drug-likeness (QED) is 0.644. The maximum atomic E-state index is 13.8. The molecule has 3 aliphatic rings. The van der Waals surface area contributed by atoms with E-state index in [2.05, 4.69) is 19.7 Å². The molecular formula is C20H22F5N7O. The first-order chi connectivity index (χ1) is 15.7. The van der Waals surface area contributed by atoms with Gasteiger partial charge in [-0.15, -0.1) is 0 Å². The largest absolute Gasteiger partial charge is 0.431 e. The van der Waals surface area contributed by atoms with Crippen LogP contribution in [0.2, 0.25) is 0 Å². The number of nitrogen functional groups attached to an aromatic ring is 1. The number of anilines is 3. The molecule has 5 heterocycles. The van der Waals surface area contributed by atoms with Crippen molar-refractivity contribution in [3.8, 4) is 17.0 Å². The Labute approximate surface area is 186 Å². The highest BCUT2D eigenvalue weighted by molar-refractivity contribution is 5.68. The van der Waals surface area contributed by atoms with Crippen LogP contribution in [0.1, 0.15) is 6.42 Å². The molecule has 5 rings (SSSR count). The summed E-state index contributed by atoms with van der Waals surface area (Å²) in [6.07, 6.45) is 0.246. The van der Waals surface area contributed by atoms with Crippen LogP contribution in [0, 0.1) is 0 Å². The van der Waals surface area contributed by atoms with Gasteiger partial charge in [0.05, 0.1) is 12.2 Å². The lowest BCUT2D eigenvalue weighted by Gasteiger charge is -2.50. The average molecular weight is 471 g/mol. The van der Waals surface area contributed by atoms with Crippen molar-refractivity contribution in [1.29, 1.82) is 0 Å². The zero-order chi connectivity index (χ0) is 23.3. The molecule has 0 bridgehead atoms. The molecule has 0 aromatic carbocycles. The second-order valence-corrected chi connectivity index (χ2v) is 8.53. The fourth-order valence-corrected chi connectivity index (χ4v) is 4.19. The number of alkyl halides is 5. The zero-order valence-electron chi connectivity index (χ0n) is 17.5. The van der Waals surface area contributed by atoms with Crippen LogP contribution in [0.3, 0.4) is 0 Å². The monoisotopic (exact) mass is 471 g/mol. The standard InChI is InChI=1S/C20H22F5N7O/c21-12-6-31(7-12)13-8-32(9-13)16-4-14(11-3-15(33-18(22)23)17(26)27-5-11)28-19(29-16)30-2-1-20(24,25)10-30/h3-5,12-13,18H,1-2,6-10H2,(H2,26,27). The maximum Gasteiger partial charge on any atom is 0.387 e. The Kier molecular flexibility index (Phi) is 5.38. The van der Waals surface area contributed by atoms with Crippen LogP contribution in [0.15, 0.2) is 18.3 Å². The van der Waals surface area contributed by atoms with E-state index in [9.17, 15) is 22.0 Å². The molecule has 2 aromatic rings. The van der Waals surface area contributed by atoms with E-state index in [-0.39, 0.29) is 36.5 Å². The minimum atomic E-state index is -3.09. The highest BCUT2D eigenvalue weighted by atomic mass is 19.3. The van der Waals surface area contributed by atoms with Crippen LogP contribution in [-0.4, -0.2) is 83.9 Å². The summed E-state index contributed by atoms with van der Waals surface area (Å²) in [5, 5.41) is 0. The van der Waals surface area contributed by atoms with Gasteiger partial charge in [-0.3, -0.25) is 4.90 Å². The molecule has 3 saturated heterocycles. The molecule has 0 amide bonds. The normalized spacial score (nSPS) is 21.4. The van der Waals surface area contributed by atoms with Crippen molar-refractivity contribution in [3.63, 3.8) is 0 Å². The van der Waals surface area contributed by atoms with Crippen LogP contribution in [0.5, 0.6) is 5.75 Å². The fourth-order valence-electron chi connectivity index (χ4n) is 4.19. The Morgan fingerprint density at radius 1 is 1.09 bits per heavy atom. The lowest BCUT2D eigenvalue weighted by atomic mass is 10.0. The average Bonchev–Trinajstić information content (AvgIpc) is 3.06. The molecule has 3 fully saturated rings. The number of aromatic nitrogens is 3. The molecule has 0 atom stereocenters. The van der Waals surface area contributed by atoms with Crippen molar-refractivity contribution in [2.75, 3.05) is 54.8 Å². The third-order valence-corrected chi connectivity index (χ3v) is 6.11. The van der Waals surface area contributed by atoms with Crippen molar-refractivity contribution in [2.45, 2.75) is 31.2 Å². The van der Waals surface area contributed by atoms with Crippen LogP contribution < -0.4 is 20.3 Å². The van der Waals surface area contributed by atoms with Gasteiger partial charge in [0, 0.05) is 63.0 Å². The molecule has 0 unspecified atom stereocenters. The Bertz CT molecular complexity index is 1030. The van der Waals surface area contributed by atoms with Crippen molar-refractivity contribution >= 4 is 17.6 Å². The number of rotatable bonds is 6. The van der Waals surface area contributed by atoms with Crippen molar-refractivity contribution < 1.29 is 26.7 Å². The summed E-state index contributed by atoms with van der Waals surface area (Å²) in [5.41, 5.74) is 6.27. The number of hydrogen-bond donors (Lipinski definition) is 1. The van der Waals surface area contributed by atoms with Crippen LogP contribution >= 0.6 is 0 Å². The van der Waals surface area contributed by atoms with Gasteiger partial charge in [-0.25, -0.2) is 23.1 Å². The number of likely N-dealkylation sites (tertiary alicyclic amines) is 1. The van der Waals surface area contributed by atoms with Crippen molar-refractivity contribution in [2.24, 2.45) is 0 Å². The molecule has 0 saturated carbocycles.